The number of carbonyl (C=O) groups is 1. The van der Waals surface area contributed by atoms with Crippen molar-refractivity contribution in [3.63, 3.8) is 0 Å². The number of hydrogen-bond acceptors (Lipinski definition) is 6. The number of carbonyl (C=O) groups excluding carboxylic acids is 1. The number of benzene rings is 1. The van der Waals surface area contributed by atoms with Crippen molar-refractivity contribution in [2.24, 2.45) is 11.8 Å². The number of pyridine rings is 1. The molecule has 3 heterocycles. The molecule has 7 nitrogen and oxygen atoms in total. The van der Waals surface area contributed by atoms with E-state index in [-0.39, 0.29) is 11.8 Å². The van der Waals surface area contributed by atoms with Gasteiger partial charge in [-0.05, 0) is 43.0 Å². The highest BCUT2D eigenvalue weighted by Gasteiger charge is 2.27. The van der Waals surface area contributed by atoms with Crippen molar-refractivity contribution in [1.82, 2.24) is 20.4 Å². The van der Waals surface area contributed by atoms with E-state index in [9.17, 15) is 4.79 Å². The van der Waals surface area contributed by atoms with Crippen LogP contribution in [0.5, 0.6) is 0 Å². The first kappa shape index (κ1) is 21.3. The molecule has 0 saturated carbocycles. The second-order valence-corrected chi connectivity index (χ2v) is 8.64. The summed E-state index contributed by atoms with van der Waals surface area (Å²) in [5.74, 6) is 2.33. The van der Waals surface area contributed by atoms with Crippen LogP contribution in [0.1, 0.15) is 26.7 Å². The Bertz CT molecular complexity index is 1040. The average molecular weight is 440 g/mol. The van der Waals surface area contributed by atoms with Gasteiger partial charge >= 0.3 is 0 Å². The fraction of sp³-hybridized carbons (Fsp3) is 0.391. The number of rotatable bonds is 6. The molecule has 0 radical (unpaired) electrons. The summed E-state index contributed by atoms with van der Waals surface area (Å²) in [5.41, 5.74) is 1.58. The Kier molecular flexibility index (Phi) is 6.51. The predicted octanol–water partition coefficient (Wildman–Crippen LogP) is 4.44. The van der Waals surface area contributed by atoms with Crippen LogP contribution in [0, 0.1) is 11.8 Å². The first-order chi connectivity index (χ1) is 15.0. The minimum atomic E-state index is 0.0417. The van der Waals surface area contributed by atoms with Crippen LogP contribution in [0.15, 0.2) is 47.1 Å². The lowest BCUT2D eigenvalue weighted by Crippen LogP contribution is -2.41. The number of hydrogen-bond donors (Lipinski definition) is 1. The Hall–Kier alpha value is -2.93. The number of amides is 1. The Morgan fingerprint density at radius 1 is 1.26 bits per heavy atom. The minimum Gasteiger partial charge on any atom is -0.356 e. The van der Waals surface area contributed by atoms with Gasteiger partial charge < -0.3 is 14.7 Å². The van der Waals surface area contributed by atoms with Crippen LogP contribution in [0.3, 0.4) is 0 Å². The van der Waals surface area contributed by atoms with Crippen molar-refractivity contribution >= 4 is 23.3 Å². The maximum atomic E-state index is 12.4. The van der Waals surface area contributed by atoms with Gasteiger partial charge in [0.05, 0.1) is 5.56 Å². The molecule has 0 aliphatic carbocycles. The maximum Gasteiger partial charge on any atom is 0.261 e. The zero-order valence-electron chi connectivity index (χ0n) is 17.7. The van der Waals surface area contributed by atoms with Crippen molar-refractivity contribution in [2.75, 3.05) is 24.5 Å². The van der Waals surface area contributed by atoms with Gasteiger partial charge in [-0.3, -0.25) is 4.79 Å². The zero-order valence-corrected chi connectivity index (χ0v) is 18.5. The Balaban J connectivity index is 1.48. The van der Waals surface area contributed by atoms with E-state index in [2.05, 4.69) is 39.2 Å². The van der Waals surface area contributed by atoms with Gasteiger partial charge in [-0.1, -0.05) is 42.7 Å². The van der Waals surface area contributed by atoms with Crippen LogP contribution in [0.25, 0.3) is 22.8 Å². The smallest absolute Gasteiger partial charge is 0.261 e. The second kappa shape index (κ2) is 9.47. The Morgan fingerprint density at radius 2 is 2.06 bits per heavy atom. The molecule has 1 N–H and O–H groups in total. The highest BCUT2D eigenvalue weighted by molar-refractivity contribution is 6.30. The molecule has 31 heavy (non-hydrogen) atoms. The average Bonchev–Trinajstić information content (AvgIpc) is 3.28. The van der Waals surface area contributed by atoms with E-state index in [1.807, 2.05) is 24.3 Å². The van der Waals surface area contributed by atoms with Crippen LogP contribution in [0.2, 0.25) is 5.02 Å². The lowest BCUT2D eigenvalue weighted by Gasteiger charge is -2.33. The molecule has 162 valence electrons. The Morgan fingerprint density at radius 3 is 2.81 bits per heavy atom. The fourth-order valence-electron chi connectivity index (χ4n) is 3.70. The number of aromatic nitrogens is 3. The zero-order chi connectivity index (χ0) is 21.8. The van der Waals surface area contributed by atoms with Gasteiger partial charge in [-0.25, -0.2) is 4.98 Å². The highest BCUT2D eigenvalue weighted by atomic mass is 35.5. The van der Waals surface area contributed by atoms with Crippen molar-refractivity contribution in [2.45, 2.75) is 26.7 Å². The number of nitrogens with zero attached hydrogens (tertiary/aromatic N) is 4. The number of nitrogens with one attached hydrogen (secondary N) is 1. The number of anilines is 1. The van der Waals surface area contributed by atoms with Crippen LogP contribution in [0.4, 0.5) is 5.82 Å². The van der Waals surface area contributed by atoms with E-state index < -0.39 is 0 Å². The van der Waals surface area contributed by atoms with Crippen LogP contribution >= 0.6 is 11.6 Å². The molecular formula is C23H26ClN5O2. The molecule has 2 aromatic heterocycles. The maximum absolute atomic E-state index is 12.4. The molecule has 0 atom stereocenters. The third-order valence-electron chi connectivity index (χ3n) is 5.38. The molecule has 0 bridgehead atoms. The van der Waals surface area contributed by atoms with Crippen LogP contribution < -0.4 is 10.2 Å². The van der Waals surface area contributed by atoms with Gasteiger partial charge in [-0.2, -0.15) is 4.98 Å². The molecule has 4 rings (SSSR count). The topological polar surface area (TPSA) is 84.2 Å². The monoisotopic (exact) mass is 439 g/mol. The van der Waals surface area contributed by atoms with Crippen LogP contribution in [-0.4, -0.2) is 40.7 Å². The summed E-state index contributed by atoms with van der Waals surface area (Å²) in [6.45, 7) is 6.41. The normalized spacial score (nSPS) is 14.8. The van der Waals surface area contributed by atoms with Crippen molar-refractivity contribution < 1.29 is 9.32 Å². The largest absolute Gasteiger partial charge is 0.356 e. The summed E-state index contributed by atoms with van der Waals surface area (Å²) in [5, 5.41) is 7.78. The van der Waals surface area contributed by atoms with Gasteiger partial charge in [0, 0.05) is 42.3 Å². The molecule has 1 aliphatic rings. The van der Waals surface area contributed by atoms with Crippen molar-refractivity contribution in [1.29, 1.82) is 0 Å². The standard InChI is InChI=1S/C23H26ClN5O2/c1-15(2)14-26-22(30)16-8-11-29(12-9-16)21-19(7-4-10-25-21)23-27-20(28-31-23)17-5-3-6-18(24)13-17/h3-7,10,13,15-16H,8-9,11-12,14H2,1-2H3,(H,26,30). The first-order valence-corrected chi connectivity index (χ1v) is 11.0. The molecule has 8 heteroatoms. The molecule has 1 aromatic carbocycles. The second-order valence-electron chi connectivity index (χ2n) is 8.21. The van der Waals surface area contributed by atoms with E-state index >= 15 is 0 Å². The highest BCUT2D eigenvalue weighted by Crippen LogP contribution is 2.32. The molecule has 0 spiro atoms. The first-order valence-electron chi connectivity index (χ1n) is 10.6. The van der Waals surface area contributed by atoms with E-state index in [1.54, 1.807) is 18.3 Å². The summed E-state index contributed by atoms with van der Waals surface area (Å²) < 4.78 is 5.56. The van der Waals surface area contributed by atoms with Gasteiger partial charge in [0.2, 0.25) is 11.7 Å². The molecular weight excluding hydrogens is 414 g/mol. The summed E-state index contributed by atoms with van der Waals surface area (Å²) in [6, 6.07) is 11.1. The predicted molar refractivity (Wildman–Crippen MR) is 121 cm³/mol. The molecule has 1 amide bonds. The van der Waals surface area contributed by atoms with Crippen molar-refractivity contribution in [3.8, 4) is 22.8 Å². The van der Waals surface area contributed by atoms with E-state index in [0.29, 0.717) is 22.7 Å². The quantitative estimate of drug-likeness (QED) is 0.611. The summed E-state index contributed by atoms with van der Waals surface area (Å²) in [7, 11) is 0. The molecule has 1 aliphatic heterocycles. The van der Waals surface area contributed by atoms with E-state index in [4.69, 9.17) is 16.1 Å². The molecule has 1 saturated heterocycles. The Labute approximate surface area is 186 Å². The third kappa shape index (κ3) is 5.05. The third-order valence-corrected chi connectivity index (χ3v) is 5.61. The van der Waals surface area contributed by atoms with Gasteiger partial charge in [0.25, 0.3) is 5.89 Å². The van der Waals surface area contributed by atoms with E-state index in [1.165, 1.54) is 0 Å². The van der Waals surface area contributed by atoms with Crippen molar-refractivity contribution in [3.05, 3.63) is 47.6 Å². The van der Waals surface area contributed by atoms with Crippen LogP contribution in [-0.2, 0) is 4.79 Å². The molecule has 1 fully saturated rings. The summed E-state index contributed by atoms with van der Waals surface area (Å²) in [4.78, 5) is 23.7. The van der Waals surface area contributed by atoms with Gasteiger partial charge in [0.15, 0.2) is 0 Å². The van der Waals surface area contributed by atoms with Gasteiger partial charge in [0.1, 0.15) is 5.82 Å². The molecule has 0 unspecified atom stereocenters. The van der Waals surface area contributed by atoms with E-state index in [0.717, 1.165) is 49.4 Å². The fourth-order valence-corrected chi connectivity index (χ4v) is 3.89. The SMILES string of the molecule is CC(C)CNC(=O)C1CCN(c2ncccc2-c2nc(-c3cccc(Cl)c3)no2)CC1. The summed E-state index contributed by atoms with van der Waals surface area (Å²) >= 11 is 6.08. The number of piperidine rings is 1. The minimum absolute atomic E-state index is 0.0417. The number of halogens is 1. The van der Waals surface area contributed by atoms with Gasteiger partial charge in [-0.15, -0.1) is 0 Å². The lowest BCUT2D eigenvalue weighted by molar-refractivity contribution is -0.125. The molecule has 3 aromatic rings. The lowest BCUT2D eigenvalue weighted by atomic mass is 9.95. The summed E-state index contributed by atoms with van der Waals surface area (Å²) in [6.07, 6.45) is 3.34.